The number of hydrogen-bond donors (Lipinski definition) is 1. The lowest BCUT2D eigenvalue weighted by Gasteiger charge is -2.09. The molecule has 9 heteroatoms. The number of halogens is 3. The Morgan fingerprint density at radius 2 is 1.95 bits per heavy atom. The number of aromatic nitrogens is 3. The van der Waals surface area contributed by atoms with E-state index in [0.717, 1.165) is 0 Å². The number of carbonyl (C=O) groups is 1. The van der Waals surface area contributed by atoms with Crippen LogP contribution in [0.25, 0.3) is 0 Å². The van der Waals surface area contributed by atoms with Crippen LogP contribution in [0, 0.1) is 0 Å². The number of benzene rings is 1. The number of aromatic carboxylic acids is 1. The van der Waals surface area contributed by atoms with Crippen LogP contribution in [0.1, 0.15) is 10.5 Å². The van der Waals surface area contributed by atoms with Gasteiger partial charge in [0.15, 0.2) is 5.69 Å². The molecule has 1 aromatic heterocycles. The van der Waals surface area contributed by atoms with E-state index in [0.29, 0.717) is 27.4 Å². The predicted octanol–water partition coefficient (Wildman–Crippen LogP) is 3.02. The number of hydrogen-bond acceptors (Lipinski definition) is 4. The van der Waals surface area contributed by atoms with Crippen molar-refractivity contribution < 1.29 is 14.6 Å². The van der Waals surface area contributed by atoms with Crippen LogP contribution in [-0.4, -0.2) is 32.7 Å². The first-order chi connectivity index (χ1) is 9.47. The van der Waals surface area contributed by atoms with Crippen molar-refractivity contribution in [2.24, 2.45) is 0 Å². The predicted molar refractivity (Wildman–Crippen MR) is 73.9 cm³/mol. The summed E-state index contributed by atoms with van der Waals surface area (Å²) in [6.07, 6.45) is 1.31. The van der Waals surface area contributed by atoms with Crippen molar-refractivity contribution in [3.05, 3.63) is 39.1 Å². The zero-order chi connectivity index (χ0) is 14.7. The summed E-state index contributed by atoms with van der Waals surface area (Å²) in [5, 5.41) is 16.8. The molecule has 0 saturated heterocycles. The Balaban J connectivity index is 1.95. The van der Waals surface area contributed by atoms with E-state index in [4.69, 9.17) is 44.6 Å². The molecule has 20 heavy (non-hydrogen) atoms. The second-order valence-corrected chi connectivity index (χ2v) is 4.94. The Morgan fingerprint density at radius 3 is 2.60 bits per heavy atom. The van der Waals surface area contributed by atoms with E-state index in [1.54, 1.807) is 0 Å². The molecule has 6 nitrogen and oxygen atoms in total. The lowest BCUT2D eigenvalue weighted by molar-refractivity contribution is 0.0690. The molecule has 106 valence electrons. The van der Waals surface area contributed by atoms with Crippen molar-refractivity contribution in [3.8, 4) is 5.75 Å². The highest BCUT2D eigenvalue weighted by molar-refractivity contribution is 6.43. The smallest absolute Gasteiger partial charge is 0.358 e. The third kappa shape index (κ3) is 3.53. The van der Waals surface area contributed by atoms with Crippen molar-refractivity contribution >= 4 is 40.8 Å². The third-order valence-electron chi connectivity index (χ3n) is 2.31. The van der Waals surface area contributed by atoms with Gasteiger partial charge in [0.05, 0.1) is 27.8 Å². The number of carboxylic acids is 1. The van der Waals surface area contributed by atoms with E-state index in [2.05, 4.69) is 10.3 Å². The molecule has 0 amide bonds. The van der Waals surface area contributed by atoms with Gasteiger partial charge < -0.3 is 9.84 Å². The molecule has 0 saturated carbocycles. The van der Waals surface area contributed by atoms with Gasteiger partial charge in [-0.05, 0) is 6.07 Å². The fourth-order valence-electron chi connectivity index (χ4n) is 1.37. The van der Waals surface area contributed by atoms with Gasteiger partial charge >= 0.3 is 5.97 Å². The monoisotopic (exact) mass is 335 g/mol. The molecule has 0 bridgehead atoms. The number of rotatable bonds is 5. The van der Waals surface area contributed by atoms with E-state index in [-0.39, 0.29) is 12.3 Å². The molecule has 1 aromatic carbocycles. The first-order valence-corrected chi connectivity index (χ1v) is 6.51. The lowest BCUT2D eigenvalue weighted by atomic mass is 10.3. The lowest BCUT2D eigenvalue weighted by Crippen LogP contribution is -2.09. The SMILES string of the molecule is O=C(O)c1cn(CCOc2cc(Cl)c(Cl)cc2Cl)nn1. The molecular weight excluding hydrogens is 328 g/mol. The largest absolute Gasteiger partial charge is 0.490 e. The standard InChI is InChI=1S/C11H8Cl3N3O3/c12-6-3-8(14)10(4-7(6)13)20-2-1-17-5-9(11(18)19)15-16-17/h3-5H,1-2H2,(H,18,19). The molecule has 0 unspecified atom stereocenters. The van der Waals surface area contributed by atoms with E-state index >= 15 is 0 Å². The van der Waals surface area contributed by atoms with Gasteiger partial charge in [0.25, 0.3) is 0 Å². The van der Waals surface area contributed by atoms with Gasteiger partial charge in [-0.3, -0.25) is 0 Å². The van der Waals surface area contributed by atoms with E-state index < -0.39 is 5.97 Å². The Bertz CT molecular complexity index is 645. The maximum atomic E-state index is 10.6. The van der Waals surface area contributed by atoms with Gasteiger partial charge in [-0.15, -0.1) is 5.10 Å². The maximum absolute atomic E-state index is 10.6. The number of carboxylic acid groups (broad SMARTS) is 1. The minimum atomic E-state index is -1.13. The third-order valence-corrected chi connectivity index (χ3v) is 3.33. The average molecular weight is 337 g/mol. The maximum Gasteiger partial charge on any atom is 0.358 e. The highest BCUT2D eigenvalue weighted by atomic mass is 35.5. The second-order valence-electron chi connectivity index (χ2n) is 3.72. The molecule has 0 aliphatic heterocycles. The highest BCUT2D eigenvalue weighted by Gasteiger charge is 2.09. The van der Waals surface area contributed by atoms with Crippen LogP contribution in [0.15, 0.2) is 18.3 Å². The summed E-state index contributed by atoms with van der Waals surface area (Å²) >= 11 is 17.6. The molecule has 0 aliphatic carbocycles. The van der Waals surface area contributed by atoms with E-state index in [1.807, 2.05) is 0 Å². The molecule has 0 spiro atoms. The van der Waals surface area contributed by atoms with Gasteiger partial charge in [0.2, 0.25) is 0 Å². The Kier molecular flexibility index (Phi) is 4.69. The highest BCUT2D eigenvalue weighted by Crippen LogP contribution is 2.33. The zero-order valence-electron chi connectivity index (χ0n) is 9.89. The van der Waals surface area contributed by atoms with Crippen LogP contribution in [-0.2, 0) is 6.54 Å². The average Bonchev–Trinajstić information content (AvgIpc) is 2.84. The van der Waals surface area contributed by atoms with Crippen LogP contribution in [0.5, 0.6) is 5.75 Å². The zero-order valence-corrected chi connectivity index (χ0v) is 12.2. The van der Waals surface area contributed by atoms with Crippen LogP contribution >= 0.6 is 34.8 Å². The summed E-state index contributed by atoms with van der Waals surface area (Å²) in [6.45, 7) is 0.539. The van der Waals surface area contributed by atoms with Gasteiger partial charge in [-0.1, -0.05) is 40.0 Å². The second kappa shape index (κ2) is 6.30. The summed E-state index contributed by atoms with van der Waals surface area (Å²) in [6, 6.07) is 3.00. The normalized spacial score (nSPS) is 10.6. The Labute approximate surface area is 128 Å². The van der Waals surface area contributed by atoms with Crippen LogP contribution in [0.3, 0.4) is 0 Å². The van der Waals surface area contributed by atoms with E-state index in [9.17, 15) is 4.79 Å². The molecule has 0 radical (unpaired) electrons. The molecular formula is C11H8Cl3N3O3. The molecule has 1 heterocycles. The van der Waals surface area contributed by atoms with Crippen LogP contribution in [0.2, 0.25) is 15.1 Å². The quantitative estimate of drug-likeness (QED) is 0.849. The molecule has 2 rings (SSSR count). The Hall–Kier alpha value is -1.50. The minimum absolute atomic E-state index is 0.127. The van der Waals surface area contributed by atoms with Crippen molar-refractivity contribution in [1.82, 2.24) is 15.0 Å². The van der Waals surface area contributed by atoms with Crippen molar-refractivity contribution in [1.29, 1.82) is 0 Å². The minimum Gasteiger partial charge on any atom is -0.490 e. The van der Waals surface area contributed by atoms with Crippen LogP contribution < -0.4 is 4.74 Å². The van der Waals surface area contributed by atoms with Crippen molar-refractivity contribution in [2.75, 3.05) is 6.61 Å². The van der Waals surface area contributed by atoms with Gasteiger partial charge in [0.1, 0.15) is 12.4 Å². The summed E-state index contributed by atoms with van der Waals surface area (Å²) in [7, 11) is 0. The fourth-order valence-corrected chi connectivity index (χ4v) is 1.96. The number of nitrogens with zero attached hydrogens (tertiary/aromatic N) is 3. The van der Waals surface area contributed by atoms with Gasteiger partial charge in [-0.25, -0.2) is 9.48 Å². The summed E-state index contributed by atoms with van der Waals surface area (Å²) < 4.78 is 6.79. The number of ether oxygens (including phenoxy) is 1. The molecule has 0 fully saturated rings. The molecule has 0 aliphatic rings. The summed E-state index contributed by atoms with van der Waals surface area (Å²) in [5.41, 5.74) is -0.127. The fraction of sp³-hybridized carbons (Fsp3) is 0.182. The summed E-state index contributed by atoms with van der Waals surface area (Å²) in [5.74, 6) is -0.746. The topological polar surface area (TPSA) is 77.2 Å². The molecule has 0 atom stereocenters. The Morgan fingerprint density at radius 1 is 1.25 bits per heavy atom. The van der Waals surface area contributed by atoms with Crippen molar-refractivity contribution in [2.45, 2.75) is 6.54 Å². The van der Waals surface area contributed by atoms with Gasteiger partial charge in [0, 0.05) is 6.07 Å². The van der Waals surface area contributed by atoms with Crippen molar-refractivity contribution in [3.63, 3.8) is 0 Å². The van der Waals surface area contributed by atoms with Crippen LogP contribution in [0.4, 0.5) is 0 Å². The first kappa shape index (κ1) is 14.9. The molecule has 1 N–H and O–H groups in total. The van der Waals surface area contributed by atoms with E-state index in [1.165, 1.54) is 23.0 Å². The van der Waals surface area contributed by atoms with Gasteiger partial charge in [-0.2, -0.15) is 0 Å². The first-order valence-electron chi connectivity index (χ1n) is 5.38. The molecule has 2 aromatic rings. The summed E-state index contributed by atoms with van der Waals surface area (Å²) in [4.78, 5) is 10.6.